The van der Waals surface area contributed by atoms with Gasteiger partial charge < -0.3 is 9.72 Å². The predicted octanol–water partition coefficient (Wildman–Crippen LogP) is 1.97. The van der Waals surface area contributed by atoms with Crippen LogP contribution in [0.25, 0.3) is 0 Å². The monoisotopic (exact) mass is 342 g/mol. The molecule has 0 saturated heterocycles. The number of aromatic nitrogens is 2. The van der Waals surface area contributed by atoms with Gasteiger partial charge in [-0.25, -0.2) is 4.98 Å². The molecule has 0 aliphatic heterocycles. The number of nitrogens with zero attached hydrogens (tertiary/aromatic N) is 1. The van der Waals surface area contributed by atoms with Gasteiger partial charge in [-0.1, -0.05) is 12.1 Å². The highest BCUT2D eigenvalue weighted by atomic mass is 127. The lowest BCUT2D eigenvalue weighted by Crippen LogP contribution is -2.13. The molecule has 2 rings (SSSR count). The van der Waals surface area contributed by atoms with E-state index in [-0.39, 0.29) is 5.56 Å². The first kappa shape index (κ1) is 12.1. The summed E-state index contributed by atoms with van der Waals surface area (Å²) in [5.41, 5.74) is 0.985. The number of hydrogen-bond acceptors (Lipinski definition) is 3. The molecule has 1 heterocycles. The Hall–Kier alpha value is -1.37. The fraction of sp³-hybridized carbons (Fsp3) is 0.167. The fourth-order valence-corrected chi connectivity index (χ4v) is 1.72. The van der Waals surface area contributed by atoms with Crippen LogP contribution in [0, 0.1) is 3.57 Å². The molecule has 0 radical (unpaired) electrons. The number of H-pyrrole nitrogens is 1. The van der Waals surface area contributed by atoms with E-state index in [1.165, 1.54) is 0 Å². The molecule has 4 nitrogen and oxygen atoms in total. The molecule has 88 valence electrons. The van der Waals surface area contributed by atoms with Crippen molar-refractivity contribution in [2.24, 2.45) is 0 Å². The molecule has 0 spiro atoms. The molecule has 1 aromatic heterocycles. The van der Waals surface area contributed by atoms with Crippen LogP contribution in [0.3, 0.4) is 0 Å². The number of rotatable bonds is 3. The van der Waals surface area contributed by atoms with Crippen molar-refractivity contribution in [3.63, 3.8) is 0 Å². The first-order chi connectivity index (χ1) is 8.19. The van der Waals surface area contributed by atoms with Gasteiger partial charge in [0.1, 0.15) is 11.6 Å². The van der Waals surface area contributed by atoms with E-state index in [4.69, 9.17) is 4.74 Å². The highest BCUT2D eigenvalue weighted by Crippen LogP contribution is 2.12. The third-order valence-electron chi connectivity index (χ3n) is 2.34. The minimum atomic E-state index is -0.0934. The van der Waals surface area contributed by atoms with E-state index in [0.29, 0.717) is 15.8 Å². The summed E-state index contributed by atoms with van der Waals surface area (Å²) in [5, 5.41) is 0. The Morgan fingerprint density at radius 3 is 2.65 bits per heavy atom. The molecular formula is C12H11IN2O2. The van der Waals surface area contributed by atoms with Crippen LogP contribution in [0.15, 0.2) is 35.3 Å². The molecule has 1 aromatic carbocycles. The molecule has 2 aromatic rings. The van der Waals surface area contributed by atoms with Gasteiger partial charge in [0.25, 0.3) is 5.56 Å². The molecule has 0 unspecified atom stereocenters. The van der Waals surface area contributed by atoms with Crippen molar-refractivity contribution >= 4 is 22.6 Å². The minimum Gasteiger partial charge on any atom is -0.497 e. The second-order valence-corrected chi connectivity index (χ2v) is 4.69. The van der Waals surface area contributed by atoms with E-state index >= 15 is 0 Å². The van der Waals surface area contributed by atoms with E-state index in [9.17, 15) is 4.79 Å². The molecule has 5 heteroatoms. The molecule has 0 aliphatic rings. The largest absolute Gasteiger partial charge is 0.497 e. The van der Waals surface area contributed by atoms with E-state index in [1.807, 2.05) is 46.9 Å². The van der Waals surface area contributed by atoms with Crippen molar-refractivity contribution in [3.8, 4) is 5.75 Å². The number of methoxy groups -OCH3 is 1. The summed E-state index contributed by atoms with van der Waals surface area (Å²) in [6, 6.07) is 7.69. The Morgan fingerprint density at radius 1 is 1.35 bits per heavy atom. The molecule has 0 bridgehead atoms. The first-order valence-corrected chi connectivity index (χ1v) is 6.13. The van der Waals surface area contributed by atoms with Crippen molar-refractivity contribution in [2.75, 3.05) is 7.11 Å². The number of ether oxygens (including phenoxy) is 1. The van der Waals surface area contributed by atoms with Crippen LogP contribution in [0.1, 0.15) is 11.4 Å². The Morgan fingerprint density at radius 2 is 2.06 bits per heavy atom. The summed E-state index contributed by atoms with van der Waals surface area (Å²) >= 11 is 1.96. The Labute approximate surface area is 112 Å². The van der Waals surface area contributed by atoms with Gasteiger partial charge in [0.05, 0.1) is 10.7 Å². The van der Waals surface area contributed by atoms with Crippen molar-refractivity contribution < 1.29 is 4.74 Å². The topological polar surface area (TPSA) is 55.0 Å². The van der Waals surface area contributed by atoms with Crippen LogP contribution in [0.2, 0.25) is 0 Å². The van der Waals surface area contributed by atoms with Crippen LogP contribution in [0.4, 0.5) is 0 Å². The van der Waals surface area contributed by atoms with Crippen molar-refractivity contribution in [1.29, 1.82) is 0 Å². The third-order valence-corrected chi connectivity index (χ3v) is 3.11. The molecule has 0 fully saturated rings. The van der Waals surface area contributed by atoms with Crippen LogP contribution in [0.5, 0.6) is 5.75 Å². The highest BCUT2D eigenvalue weighted by molar-refractivity contribution is 14.1. The van der Waals surface area contributed by atoms with Gasteiger partial charge >= 0.3 is 0 Å². The molecule has 0 aliphatic carbocycles. The van der Waals surface area contributed by atoms with Gasteiger partial charge in [0, 0.05) is 12.6 Å². The normalized spacial score (nSPS) is 10.2. The Kier molecular flexibility index (Phi) is 3.78. The van der Waals surface area contributed by atoms with Crippen LogP contribution < -0.4 is 10.3 Å². The number of aromatic amines is 1. The van der Waals surface area contributed by atoms with Gasteiger partial charge in [0.2, 0.25) is 0 Å². The zero-order valence-electron chi connectivity index (χ0n) is 9.24. The quantitative estimate of drug-likeness (QED) is 0.868. The van der Waals surface area contributed by atoms with Crippen molar-refractivity contribution in [1.82, 2.24) is 9.97 Å². The van der Waals surface area contributed by atoms with E-state index < -0.39 is 0 Å². The molecule has 17 heavy (non-hydrogen) atoms. The fourth-order valence-electron chi connectivity index (χ4n) is 1.44. The van der Waals surface area contributed by atoms with Crippen LogP contribution >= 0.6 is 22.6 Å². The van der Waals surface area contributed by atoms with Gasteiger partial charge in [-0.3, -0.25) is 4.79 Å². The summed E-state index contributed by atoms with van der Waals surface area (Å²) < 4.78 is 5.68. The zero-order chi connectivity index (χ0) is 12.3. The average molecular weight is 342 g/mol. The predicted molar refractivity (Wildman–Crippen MR) is 73.4 cm³/mol. The van der Waals surface area contributed by atoms with Gasteiger partial charge in [0.15, 0.2) is 0 Å². The lowest BCUT2D eigenvalue weighted by atomic mass is 10.1. The number of hydrogen-bond donors (Lipinski definition) is 1. The maximum atomic E-state index is 11.4. The number of halogens is 1. The van der Waals surface area contributed by atoms with Gasteiger partial charge in [-0.15, -0.1) is 0 Å². The van der Waals surface area contributed by atoms with Crippen LogP contribution in [-0.2, 0) is 6.42 Å². The second-order valence-electron chi connectivity index (χ2n) is 3.53. The minimum absolute atomic E-state index is 0.0934. The lowest BCUT2D eigenvalue weighted by molar-refractivity contribution is 0.414. The molecule has 0 atom stereocenters. The van der Waals surface area contributed by atoms with E-state index in [1.54, 1.807) is 13.3 Å². The zero-order valence-corrected chi connectivity index (χ0v) is 11.4. The van der Waals surface area contributed by atoms with Gasteiger partial charge in [-0.05, 0) is 40.3 Å². The number of benzene rings is 1. The molecule has 0 saturated carbocycles. The second kappa shape index (κ2) is 5.31. The first-order valence-electron chi connectivity index (χ1n) is 5.05. The lowest BCUT2D eigenvalue weighted by Gasteiger charge is -2.03. The Balaban J connectivity index is 2.19. The maximum absolute atomic E-state index is 11.4. The SMILES string of the molecule is COc1ccc(Cc2ncc(I)c(=O)[nH]2)cc1. The standard InChI is InChI=1S/C12H11IN2O2/c1-17-9-4-2-8(3-5-9)6-11-14-7-10(13)12(16)15-11/h2-5,7H,6H2,1H3,(H,14,15,16). The molecular weight excluding hydrogens is 331 g/mol. The molecule has 0 amide bonds. The number of nitrogens with one attached hydrogen (secondary N) is 1. The van der Waals surface area contributed by atoms with E-state index in [0.717, 1.165) is 11.3 Å². The Bertz CT molecular complexity index is 563. The smallest absolute Gasteiger partial charge is 0.264 e. The highest BCUT2D eigenvalue weighted by Gasteiger charge is 2.01. The maximum Gasteiger partial charge on any atom is 0.264 e. The summed E-state index contributed by atoms with van der Waals surface area (Å²) in [5.74, 6) is 1.48. The average Bonchev–Trinajstić information content (AvgIpc) is 2.35. The van der Waals surface area contributed by atoms with Gasteiger partial charge in [-0.2, -0.15) is 0 Å². The summed E-state index contributed by atoms with van der Waals surface area (Å²) in [6.45, 7) is 0. The third kappa shape index (κ3) is 3.06. The molecule has 1 N–H and O–H groups in total. The van der Waals surface area contributed by atoms with Crippen LogP contribution in [-0.4, -0.2) is 17.1 Å². The summed E-state index contributed by atoms with van der Waals surface area (Å²) in [7, 11) is 1.63. The summed E-state index contributed by atoms with van der Waals surface area (Å²) in [4.78, 5) is 18.3. The summed E-state index contributed by atoms with van der Waals surface area (Å²) in [6.07, 6.45) is 2.19. The van der Waals surface area contributed by atoms with Crippen molar-refractivity contribution in [2.45, 2.75) is 6.42 Å². The van der Waals surface area contributed by atoms with E-state index in [2.05, 4.69) is 9.97 Å². The van der Waals surface area contributed by atoms with Crippen molar-refractivity contribution in [3.05, 3.63) is 55.8 Å².